The predicted octanol–water partition coefficient (Wildman–Crippen LogP) is 2.26. The summed E-state index contributed by atoms with van der Waals surface area (Å²) in [5, 5.41) is 4.56. The van der Waals surface area contributed by atoms with E-state index in [-0.39, 0.29) is 5.78 Å². The lowest BCUT2D eigenvalue weighted by atomic mass is 9.80. The van der Waals surface area contributed by atoms with Crippen LogP contribution in [-0.2, 0) is 6.54 Å². The third-order valence-corrected chi connectivity index (χ3v) is 4.02. The number of carbonyl (C=O) groups excluding carboxylic acids is 1. The average Bonchev–Trinajstić information content (AvgIpc) is 2.95. The Labute approximate surface area is 106 Å². The number of carbonyl (C=O) groups is 1. The number of Topliss-reactive ketones (excluding diaryl/α,β-unsaturated/α-hetero) is 1. The standard InChI is InChI=1S/C12H18ClN3O/c1-2-16-10(9(13)7-15-16)11(17)12(8-14)5-3-4-6-12/h7H,2-6,8,14H2,1H3. The molecule has 0 unspecified atom stereocenters. The second-order valence-electron chi connectivity index (χ2n) is 4.68. The number of nitrogens with zero attached hydrogens (tertiary/aromatic N) is 2. The summed E-state index contributed by atoms with van der Waals surface area (Å²) in [5.41, 5.74) is 5.95. The second-order valence-corrected chi connectivity index (χ2v) is 5.08. The van der Waals surface area contributed by atoms with Crippen LogP contribution in [0.4, 0.5) is 0 Å². The van der Waals surface area contributed by atoms with Crippen molar-refractivity contribution in [1.82, 2.24) is 9.78 Å². The Morgan fingerprint density at radius 1 is 1.59 bits per heavy atom. The van der Waals surface area contributed by atoms with Gasteiger partial charge in [-0.2, -0.15) is 5.10 Å². The molecule has 2 N–H and O–H groups in total. The third-order valence-electron chi connectivity index (χ3n) is 3.74. The van der Waals surface area contributed by atoms with Crippen LogP contribution in [-0.4, -0.2) is 22.1 Å². The number of rotatable bonds is 4. The van der Waals surface area contributed by atoms with E-state index in [0.29, 0.717) is 23.8 Å². The van der Waals surface area contributed by atoms with Crippen molar-refractivity contribution in [2.45, 2.75) is 39.2 Å². The maximum absolute atomic E-state index is 12.6. The van der Waals surface area contributed by atoms with E-state index >= 15 is 0 Å². The van der Waals surface area contributed by atoms with Gasteiger partial charge in [-0.15, -0.1) is 0 Å². The Hall–Kier alpha value is -0.870. The number of aryl methyl sites for hydroxylation is 1. The minimum Gasteiger partial charge on any atom is -0.329 e. The molecule has 5 heteroatoms. The first kappa shape index (κ1) is 12.6. The highest BCUT2D eigenvalue weighted by molar-refractivity contribution is 6.33. The van der Waals surface area contributed by atoms with Gasteiger partial charge in [-0.25, -0.2) is 0 Å². The van der Waals surface area contributed by atoms with Crippen molar-refractivity contribution >= 4 is 17.4 Å². The lowest BCUT2D eigenvalue weighted by molar-refractivity contribution is 0.0798. The first-order valence-corrected chi connectivity index (χ1v) is 6.48. The highest BCUT2D eigenvalue weighted by atomic mass is 35.5. The summed E-state index contributed by atoms with van der Waals surface area (Å²) in [5.74, 6) is 0.0712. The zero-order valence-electron chi connectivity index (χ0n) is 10.1. The Morgan fingerprint density at radius 3 is 2.76 bits per heavy atom. The fraction of sp³-hybridized carbons (Fsp3) is 0.667. The number of aromatic nitrogens is 2. The molecule has 0 amide bonds. The summed E-state index contributed by atoms with van der Waals surface area (Å²) >= 11 is 6.07. The SMILES string of the molecule is CCn1ncc(Cl)c1C(=O)C1(CN)CCCC1. The zero-order chi connectivity index (χ0) is 12.5. The highest BCUT2D eigenvalue weighted by Crippen LogP contribution is 2.41. The molecule has 4 nitrogen and oxygen atoms in total. The molecule has 0 spiro atoms. The van der Waals surface area contributed by atoms with Crippen molar-refractivity contribution in [3.05, 3.63) is 16.9 Å². The molecule has 17 heavy (non-hydrogen) atoms. The molecule has 1 aromatic rings. The van der Waals surface area contributed by atoms with Crippen molar-refractivity contribution in [3.8, 4) is 0 Å². The fourth-order valence-electron chi connectivity index (χ4n) is 2.65. The van der Waals surface area contributed by atoms with Gasteiger partial charge < -0.3 is 5.73 Å². The van der Waals surface area contributed by atoms with Crippen LogP contribution in [0, 0.1) is 5.41 Å². The number of ketones is 1. The lowest BCUT2D eigenvalue weighted by Gasteiger charge is -2.25. The Morgan fingerprint density at radius 2 is 2.24 bits per heavy atom. The molecule has 1 heterocycles. The quantitative estimate of drug-likeness (QED) is 0.840. The van der Waals surface area contributed by atoms with Gasteiger partial charge in [-0.1, -0.05) is 24.4 Å². The lowest BCUT2D eigenvalue weighted by Crippen LogP contribution is -2.37. The molecular formula is C12H18ClN3O. The van der Waals surface area contributed by atoms with Crippen LogP contribution in [0.25, 0.3) is 0 Å². The van der Waals surface area contributed by atoms with Gasteiger partial charge in [0.05, 0.1) is 11.2 Å². The van der Waals surface area contributed by atoms with E-state index in [0.717, 1.165) is 25.7 Å². The summed E-state index contributed by atoms with van der Waals surface area (Å²) in [6, 6.07) is 0. The van der Waals surface area contributed by atoms with Crippen molar-refractivity contribution in [1.29, 1.82) is 0 Å². The van der Waals surface area contributed by atoms with E-state index in [4.69, 9.17) is 17.3 Å². The normalized spacial score (nSPS) is 18.5. The van der Waals surface area contributed by atoms with Crippen molar-refractivity contribution in [2.24, 2.45) is 11.1 Å². The van der Waals surface area contributed by atoms with E-state index in [1.54, 1.807) is 4.68 Å². The largest absolute Gasteiger partial charge is 0.329 e. The van der Waals surface area contributed by atoms with Crippen LogP contribution in [0.1, 0.15) is 43.1 Å². The van der Waals surface area contributed by atoms with Crippen LogP contribution >= 0.6 is 11.6 Å². The highest BCUT2D eigenvalue weighted by Gasteiger charge is 2.42. The van der Waals surface area contributed by atoms with Gasteiger partial charge in [-0.3, -0.25) is 9.48 Å². The van der Waals surface area contributed by atoms with Crippen LogP contribution in [0.3, 0.4) is 0 Å². The van der Waals surface area contributed by atoms with Gasteiger partial charge in [0.1, 0.15) is 5.69 Å². The molecule has 94 valence electrons. The van der Waals surface area contributed by atoms with Crippen LogP contribution in [0.5, 0.6) is 0 Å². The number of nitrogens with two attached hydrogens (primary N) is 1. The Kier molecular flexibility index (Phi) is 3.54. The van der Waals surface area contributed by atoms with Gasteiger partial charge in [-0.05, 0) is 19.8 Å². The molecule has 1 saturated carbocycles. The smallest absolute Gasteiger partial charge is 0.189 e. The Bertz CT molecular complexity index is 421. The fourth-order valence-corrected chi connectivity index (χ4v) is 2.88. The van der Waals surface area contributed by atoms with Crippen LogP contribution < -0.4 is 5.73 Å². The van der Waals surface area contributed by atoms with E-state index in [2.05, 4.69) is 5.10 Å². The van der Waals surface area contributed by atoms with E-state index < -0.39 is 5.41 Å². The van der Waals surface area contributed by atoms with Gasteiger partial charge in [0.2, 0.25) is 0 Å². The maximum atomic E-state index is 12.6. The molecule has 0 aromatic carbocycles. The number of halogens is 1. The van der Waals surface area contributed by atoms with E-state index in [1.165, 1.54) is 6.20 Å². The summed E-state index contributed by atoms with van der Waals surface area (Å²) in [4.78, 5) is 12.6. The van der Waals surface area contributed by atoms with E-state index in [1.807, 2.05) is 6.92 Å². The summed E-state index contributed by atoms with van der Waals surface area (Å²) in [7, 11) is 0. The molecule has 0 aliphatic heterocycles. The molecule has 0 atom stereocenters. The molecule has 1 aromatic heterocycles. The number of hydrogen-bond acceptors (Lipinski definition) is 3. The summed E-state index contributed by atoms with van der Waals surface area (Å²) in [6.07, 6.45) is 5.42. The minimum absolute atomic E-state index is 0.0712. The average molecular weight is 256 g/mol. The van der Waals surface area contributed by atoms with Gasteiger partial charge in [0, 0.05) is 18.5 Å². The maximum Gasteiger partial charge on any atom is 0.189 e. The zero-order valence-corrected chi connectivity index (χ0v) is 10.8. The molecule has 2 rings (SSSR count). The molecular weight excluding hydrogens is 238 g/mol. The molecule has 1 aliphatic carbocycles. The summed E-state index contributed by atoms with van der Waals surface area (Å²) < 4.78 is 1.67. The second kappa shape index (κ2) is 4.78. The third kappa shape index (κ3) is 2.00. The monoisotopic (exact) mass is 255 g/mol. The van der Waals surface area contributed by atoms with Crippen LogP contribution in [0.15, 0.2) is 6.20 Å². The minimum atomic E-state index is -0.406. The van der Waals surface area contributed by atoms with Gasteiger partial charge in [0.15, 0.2) is 5.78 Å². The van der Waals surface area contributed by atoms with Gasteiger partial charge in [0.25, 0.3) is 0 Å². The predicted molar refractivity (Wildman–Crippen MR) is 67.2 cm³/mol. The van der Waals surface area contributed by atoms with Gasteiger partial charge >= 0.3 is 0 Å². The molecule has 0 radical (unpaired) electrons. The first-order chi connectivity index (χ1) is 8.14. The Balaban J connectivity index is 2.38. The molecule has 1 aliphatic rings. The summed E-state index contributed by atoms with van der Waals surface area (Å²) in [6.45, 7) is 3.00. The van der Waals surface area contributed by atoms with Crippen molar-refractivity contribution in [3.63, 3.8) is 0 Å². The van der Waals surface area contributed by atoms with E-state index in [9.17, 15) is 4.79 Å². The van der Waals surface area contributed by atoms with Crippen molar-refractivity contribution in [2.75, 3.05) is 6.54 Å². The topological polar surface area (TPSA) is 60.9 Å². The first-order valence-electron chi connectivity index (χ1n) is 6.11. The molecule has 1 fully saturated rings. The van der Waals surface area contributed by atoms with Crippen molar-refractivity contribution < 1.29 is 4.79 Å². The molecule has 0 saturated heterocycles. The molecule has 0 bridgehead atoms. The van der Waals surface area contributed by atoms with Crippen LogP contribution in [0.2, 0.25) is 5.02 Å². The number of hydrogen-bond donors (Lipinski definition) is 1.